The second-order valence-corrected chi connectivity index (χ2v) is 4.55. The van der Waals surface area contributed by atoms with E-state index in [2.05, 4.69) is 5.32 Å². The van der Waals surface area contributed by atoms with Crippen molar-refractivity contribution in [1.29, 1.82) is 0 Å². The second-order valence-electron chi connectivity index (χ2n) is 4.55. The molecule has 1 aromatic carbocycles. The van der Waals surface area contributed by atoms with Gasteiger partial charge in [-0.2, -0.15) is 0 Å². The van der Waals surface area contributed by atoms with Gasteiger partial charge in [0.25, 0.3) is 0 Å². The molecule has 0 saturated heterocycles. The Labute approximate surface area is 115 Å². The van der Waals surface area contributed by atoms with E-state index in [-0.39, 0.29) is 12.2 Å². The van der Waals surface area contributed by atoms with E-state index in [1.54, 1.807) is 7.11 Å². The SMILES string of the molecule is CCCNC(=O)O[C@@H](C)[C@@H](OC)c1ccccc1C. The van der Waals surface area contributed by atoms with Gasteiger partial charge in [-0.25, -0.2) is 4.79 Å². The van der Waals surface area contributed by atoms with Crippen LogP contribution in [-0.4, -0.2) is 25.9 Å². The van der Waals surface area contributed by atoms with Crippen LogP contribution in [-0.2, 0) is 9.47 Å². The number of hydrogen-bond acceptors (Lipinski definition) is 3. The highest BCUT2D eigenvalue weighted by Crippen LogP contribution is 2.25. The van der Waals surface area contributed by atoms with Crippen LogP contribution in [0.3, 0.4) is 0 Å². The fraction of sp³-hybridized carbons (Fsp3) is 0.533. The monoisotopic (exact) mass is 265 g/mol. The molecule has 0 unspecified atom stereocenters. The fourth-order valence-corrected chi connectivity index (χ4v) is 1.98. The largest absolute Gasteiger partial charge is 0.443 e. The highest BCUT2D eigenvalue weighted by molar-refractivity contribution is 5.67. The lowest BCUT2D eigenvalue weighted by Gasteiger charge is -2.24. The quantitative estimate of drug-likeness (QED) is 0.859. The Kier molecular flexibility index (Phi) is 6.36. The molecular formula is C15H23NO3. The Balaban J connectivity index is 2.69. The first kappa shape index (κ1) is 15.5. The molecule has 1 N–H and O–H groups in total. The molecule has 0 aromatic heterocycles. The zero-order valence-corrected chi connectivity index (χ0v) is 12.1. The smallest absolute Gasteiger partial charge is 0.407 e. The molecule has 1 aromatic rings. The van der Waals surface area contributed by atoms with Crippen LogP contribution in [0.5, 0.6) is 0 Å². The maximum atomic E-state index is 11.6. The van der Waals surface area contributed by atoms with Crippen molar-refractivity contribution in [1.82, 2.24) is 5.32 Å². The molecule has 0 spiro atoms. The van der Waals surface area contributed by atoms with Crippen LogP contribution in [0.2, 0.25) is 0 Å². The number of hydrogen-bond donors (Lipinski definition) is 1. The number of carbonyl (C=O) groups excluding carboxylic acids is 1. The summed E-state index contributed by atoms with van der Waals surface area (Å²) < 4.78 is 10.8. The number of benzene rings is 1. The minimum atomic E-state index is -0.398. The number of alkyl carbamates (subject to hydrolysis) is 1. The summed E-state index contributed by atoms with van der Waals surface area (Å²) in [7, 11) is 1.63. The standard InChI is InChI=1S/C15H23NO3/c1-5-10-16-15(17)19-12(3)14(18-4)13-9-7-6-8-11(13)2/h6-9,12,14H,5,10H2,1-4H3,(H,16,17)/t12-,14+/m0/s1. The molecule has 1 amide bonds. The van der Waals surface area contributed by atoms with Crippen molar-refractivity contribution in [3.8, 4) is 0 Å². The normalized spacial score (nSPS) is 13.7. The number of nitrogens with one attached hydrogen (secondary N) is 1. The third-order valence-corrected chi connectivity index (χ3v) is 2.99. The molecule has 19 heavy (non-hydrogen) atoms. The van der Waals surface area contributed by atoms with Crippen LogP contribution in [0, 0.1) is 6.92 Å². The molecule has 0 aliphatic rings. The maximum absolute atomic E-state index is 11.6. The topological polar surface area (TPSA) is 47.6 Å². The highest BCUT2D eigenvalue weighted by atomic mass is 16.6. The zero-order valence-electron chi connectivity index (χ0n) is 12.1. The molecule has 0 aliphatic carbocycles. The molecular weight excluding hydrogens is 242 g/mol. The third kappa shape index (κ3) is 4.56. The van der Waals surface area contributed by atoms with Crippen molar-refractivity contribution < 1.29 is 14.3 Å². The first-order chi connectivity index (χ1) is 9.10. The van der Waals surface area contributed by atoms with Gasteiger partial charge >= 0.3 is 6.09 Å². The van der Waals surface area contributed by atoms with Gasteiger partial charge in [0, 0.05) is 13.7 Å². The van der Waals surface area contributed by atoms with E-state index in [9.17, 15) is 4.79 Å². The van der Waals surface area contributed by atoms with Crippen LogP contribution >= 0.6 is 0 Å². The maximum Gasteiger partial charge on any atom is 0.407 e. The first-order valence-electron chi connectivity index (χ1n) is 6.63. The molecule has 0 radical (unpaired) electrons. The summed E-state index contributed by atoms with van der Waals surface area (Å²) in [5, 5.41) is 2.69. The second kappa shape index (κ2) is 7.79. The van der Waals surface area contributed by atoms with Gasteiger partial charge in [0.2, 0.25) is 0 Å². The number of carbonyl (C=O) groups is 1. The fourth-order valence-electron chi connectivity index (χ4n) is 1.98. The first-order valence-corrected chi connectivity index (χ1v) is 6.63. The van der Waals surface area contributed by atoms with Crippen molar-refractivity contribution in [3.63, 3.8) is 0 Å². The van der Waals surface area contributed by atoms with E-state index in [0.29, 0.717) is 6.54 Å². The Bertz CT molecular complexity index is 406. The van der Waals surface area contributed by atoms with E-state index in [1.165, 1.54) is 0 Å². The van der Waals surface area contributed by atoms with Crippen molar-refractivity contribution in [2.75, 3.05) is 13.7 Å². The van der Waals surface area contributed by atoms with E-state index in [1.807, 2.05) is 45.0 Å². The molecule has 0 fully saturated rings. The van der Waals surface area contributed by atoms with Gasteiger partial charge in [-0.3, -0.25) is 0 Å². The number of methoxy groups -OCH3 is 1. The minimum Gasteiger partial charge on any atom is -0.443 e. The predicted octanol–water partition coefficient (Wildman–Crippen LogP) is 3.21. The molecule has 4 nitrogen and oxygen atoms in total. The van der Waals surface area contributed by atoms with Crippen molar-refractivity contribution in [2.45, 2.75) is 39.4 Å². The molecule has 0 heterocycles. The van der Waals surface area contributed by atoms with Gasteiger partial charge in [0.1, 0.15) is 12.2 Å². The molecule has 0 bridgehead atoms. The average Bonchev–Trinajstić information content (AvgIpc) is 2.39. The van der Waals surface area contributed by atoms with Crippen molar-refractivity contribution in [3.05, 3.63) is 35.4 Å². The van der Waals surface area contributed by atoms with Gasteiger partial charge in [0.05, 0.1) is 0 Å². The Morgan fingerprint density at radius 1 is 1.37 bits per heavy atom. The van der Waals surface area contributed by atoms with Gasteiger partial charge in [0.15, 0.2) is 0 Å². The number of amides is 1. The van der Waals surface area contributed by atoms with Crippen LogP contribution in [0.15, 0.2) is 24.3 Å². The molecule has 0 saturated carbocycles. The number of rotatable bonds is 6. The summed E-state index contributed by atoms with van der Waals surface area (Å²) in [5.41, 5.74) is 2.17. The average molecular weight is 265 g/mol. The molecule has 106 valence electrons. The molecule has 0 aliphatic heterocycles. The van der Waals surface area contributed by atoms with Crippen LogP contribution < -0.4 is 5.32 Å². The lowest BCUT2D eigenvalue weighted by atomic mass is 10.00. The molecule has 1 rings (SSSR count). The summed E-state index contributed by atoms with van der Waals surface area (Å²) >= 11 is 0. The zero-order chi connectivity index (χ0) is 14.3. The molecule has 4 heteroatoms. The highest BCUT2D eigenvalue weighted by Gasteiger charge is 2.23. The van der Waals surface area contributed by atoms with Crippen LogP contribution in [0.25, 0.3) is 0 Å². The predicted molar refractivity (Wildman–Crippen MR) is 75.2 cm³/mol. The van der Waals surface area contributed by atoms with Crippen molar-refractivity contribution >= 4 is 6.09 Å². The third-order valence-electron chi connectivity index (χ3n) is 2.99. The van der Waals surface area contributed by atoms with Crippen LogP contribution in [0.4, 0.5) is 4.79 Å². The molecule has 2 atom stereocenters. The van der Waals surface area contributed by atoms with E-state index in [4.69, 9.17) is 9.47 Å². The minimum absolute atomic E-state index is 0.256. The summed E-state index contributed by atoms with van der Waals surface area (Å²) in [5.74, 6) is 0. The van der Waals surface area contributed by atoms with Gasteiger partial charge in [-0.15, -0.1) is 0 Å². The Hall–Kier alpha value is -1.55. The van der Waals surface area contributed by atoms with Gasteiger partial charge < -0.3 is 14.8 Å². The Morgan fingerprint density at radius 3 is 2.63 bits per heavy atom. The van der Waals surface area contributed by atoms with Crippen molar-refractivity contribution in [2.24, 2.45) is 0 Å². The van der Waals surface area contributed by atoms with Gasteiger partial charge in [-0.1, -0.05) is 31.2 Å². The Morgan fingerprint density at radius 2 is 2.05 bits per heavy atom. The lowest BCUT2D eigenvalue weighted by molar-refractivity contribution is -0.0151. The van der Waals surface area contributed by atoms with E-state index < -0.39 is 6.09 Å². The van der Waals surface area contributed by atoms with Crippen LogP contribution in [0.1, 0.15) is 37.5 Å². The number of aryl methyl sites for hydroxylation is 1. The van der Waals surface area contributed by atoms with Gasteiger partial charge in [-0.05, 0) is 31.4 Å². The van der Waals surface area contributed by atoms with E-state index in [0.717, 1.165) is 17.5 Å². The summed E-state index contributed by atoms with van der Waals surface area (Å²) in [6.45, 7) is 6.47. The lowest BCUT2D eigenvalue weighted by Crippen LogP contribution is -2.31. The number of ether oxygens (including phenoxy) is 2. The summed E-state index contributed by atoms with van der Waals surface area (Å²) in [6, 6.07) is 7.95. The van der Waals surface area contributed by atoms with E-state index >= 15 is 0 Å². The summed E-state index contributed by atoms with van der Waals surface area (Å²) in [4.78, 5) is 11.6. The summed E-state index contributed by atoms with van der Waals surface area (Å²) in [6.07, 6.45) is -0.115.